The largest absolute Gasteiger partial charge is 0.462 e. The number of hydrogen-bond donors (Lipinski definition) is 0. The van der Waals surface area contributed by atoms with Gasteiger partial charge in [-0.1, -0.05) is 157 Å². The topological polar surface area (TPSA) is 78.9 Å². The fraction of sp³-hybridized carbons (Fsp3) is 0.630. The van der Waals surface area contributed by atoms with Crippen LogP contribution in [0.25, 0.3) is 0 Å². The molecule has 0 heterocycles. The van der Waals surface area contributed by atoms with Gasteiger partial charge in [-0.3, -0.25) is 14.4 Å². The molecule has 0 spiro atoms. The Labute approximate surface area is 318 Å². The van der Waals surface area contributed by atoms with Crippen molar-refractivity contribution in [3.05, 3.63) is 85.1 Å². The van der Waals surface area contributed by atoms with Gasteiger partial charge in [0.1, 0.15) is 13.2 Å². The van der Waals surface area contributed by atoms with Gasteiger partial charge >= 0.3 is 17.9 Å². The number of hydrogen-bond acceptors (Lipinski definition) is 6. The lowest BCUT2D eigenvalue weighted by molar-refractivity contribution is -0.166. The summed E-state index contributed by atoms with van der Waals surface area (Å²) in [5.41, 5.74) is 0. The van der Waals surface area contributed by atoms with E-state index >= 15 is 0 Å². The number of esters is 3. The van der Waals surface area contributed by atoms with Gasteiger partial charge in [0.2, 0.25) is 0 Å². The van der Waals surface area contributed by atoms with Crippen molar-refractivity contribution in [1.82, 2.24) is 0 Å². The average Bonchev–Trinajstić information content (AvgIpc) is 3.14. The SMILES string of the molecule is CC/C=C\C/C=C\C/C=C\C/C=C\CCC(=O)OCC(COC(=O)CCCCCCCCCC)OC(=O)CCCCC/C=C\C/C=C\C/C=C\CC. The predicted octanol–water partition coefficient (Wildman–Crippen LogP) is 12.9. The van der Waals surface area contributed by atoms with Gasteiger partial charge in [-0.15, -0.1) is 0 Å². The standard InChI is InChI=1S/C46H74O6/c1-4-7-10-13-16-19-21-23-25-27-30-33-36-39-45(48)51-42-43(41-50-44(47)38-35-32-29-18-15-12-9-6-3)52-46(49)40-37-34-31-28-26-24-22-20-17-14-11-8-5-2/h7-8,10-11,16-17,19-20,23-26,30,33,43H,4-6,9,12-15,18,21-22,27-29,31-32,34-42H2,1-3H3/b10-7-,11-8-,19-16-,20-17-,25-23-,26-24-,33-30-. The summed E-state index contributed by atoms with van der Waals surface area (Å²) in [7, 11) is 0. The van der Waals surface area contributed by atoms with Gasteiger partial charge in [0.15, 0.2) is 6.10 Å². The fourth-order valence-electron chi connectivity index (χ4n) is 5.11. The third-order valence-electron chi connectivity index (χ3n) is 8.16. The molecule has 0 amide bonds. The van der Waals surface area contributed by atoms with Gasteiger partial charge < -0.3 is 14.2 Å². The molecular weight excluding hydrogens is 648 g/mol. The predicted molar refractivity (Wildman–Crippen MR) is 219 cm³/mol. The van der Waals surface area contributed by atoms with Crippen molar-refractivity contribution in [1.29, 1.82) is 0 Å². The molecule has 6 nitrogen and oxygen atoms in total. The first-order valence-electron chi connectivity index (χ1n) is 20.6. The lowest BCUT2D eigenvalue weighted by Gasteiger charge is -2.18. The van der Waals surface area contributed by atoms with Crippen LogP contribution in [0.1, 0.15) is 168 Å². The quantitative estimate of drug-likeness (QED) is 0.0280. The van der Waals surface area contributed by atoms with E-state index in [-0.39, 0.29) is 44.0 Å². The smallest absolute Gasteiger partial charge is 0.306 e. The summed E-state index contributed by atoms with van der Waals surface area (Å²) < 4.78 is 16.5. The molecule has 0 bridgehead atoms. The van der Waals surface area contributed by atoms with E-state index in [1.54, 1.807) is 0 Å². The van der Waals surface area contributed by atoms with Crippen LogP contribution in [0.5, 0.6) is 0 Å². The highest BCUT2D eigenvalue weighted by atomic mass is 16.6. The Morgan fingerprint density at radius 3 is 1.29 bits per heavy atom. The number of ether oxygens (including phenoxy) is 3. The first-order chi connectivity index (χ1) is 25.5. The third-order valence-corrected chi connectivity index (χ3v) is 8.16. The lowest BCUT2D eigenvalue weighted by Crippen LogP contribution is -2.30. The summed E-state index contributed by atoms with van der Waals surface area (Å²) in [5.74, 6) is -1.04. The van der Waals surface area contributed by atoms with Gasteiger partial charge in [0, 0.05) is 19.3 Å². The molecule has 1 unspecified atom stereocenters. The van der Waals surface area contributed by atoms with Crippen LogP contribution in [-0.2, 0) is 28.6 Å². The minimum atomic E-state index is -0.815. The zero-order valence-electron chi connectivity index (χ0n) is 33.3. The molecule has 0 rings (SSSR count). The lowest BCUT2D eigenvalue weighted by atomic mass is 10.1. The van der Waals surface area contributed by atoms with Crippen LogP contribution in [0, 0.1) is 0 Å². The number of carbonyl (C=O) groups excluding carboxylic acids is 3. The van der Waals surface area contributed by atoms with Gasteiger partial charge in [0.05, 0.1) is 0 Å². The summed E-state index contributed by atoms with van der Waals surface area (Å²) in [6.07, 6.45) is 50.2. The van der Waals surface area contributed by atoms with Crippen LogP contribution < -0.4 is 0 Å². The molecule has 0 radical (unpaired) electrons. The zero-order valence-corrected chi connectivity index (χ0v) is 33.3. The van der Waals surface area contributed by atoms with Gasteiger partial charge in [-0.2, -0.15) is 0 Å². The Balaban J connectivity index is 4.54. The minimum absolute atomic E-state index is 0.111. The maximum absolute atomic E-state index is 12.6. The van der Waals surface area contributed by atoms with E-state index in [4.69, 9.17) is 14.2 Å². The van der Waals surface area contributed by atoms with Crippen LogP contribution in [0.4, 0.5) is 0 Å². The first kappa shape index (κ1) is 48.6. The van der Waals surface area contributed by atoms with E-state index in [1.165, 1.54) is 32.1 Å². The molecule has 0 aliphatic heterocycles. The van der Waals surface area contributed by atoms with E-state index in [1.807, 2.05) is 12.2 Å². The highest BCUT2D eigenvalue weighted by Gasteiger charge is 2.19. The van der Waals surface area contributed by atoms with Gasteiger partial charge in [-0.05, 0) is 77.0 Å². The van der Waals surface area contributed by atoms with Crippen molar-refractivity contribution in [3.8, 4) is 0 Å². The molecule has 0 aromatic heterocycles. The monoisotopic (exact) mass is 723 g/mol. The molecule has 52 heavy (non-hydrogen) atoms. The minimum Gasteiger partial charge on any atom is -0.462 e. The Morgan fingerprint density at radius 1 is 0.404 bits per heavy atom. The van der Waals surface area contributed by atoms with Gasteiger partial charge in [-0.25, -0.2) is 0 Å². The van der Waals surface area contributed by atoms with Crippen molar-refractivity contribution >= 4 is 17.9 Å². The van der Waals surface area contributed by atoms with Gasteiger partial charge in [0.25, 0.3) is 0 Å². The molecule has 0 N–H and O–H groups in total. The maximum atomic E-state index is 12.6. The summed E-state index contributed by atoms with van der Waals surface area (Å²) in [5, 5.41) is 0. The summed E-state index contributed by atoms with van der Waals surface area (Å²) in [6.45, 7) is 6.24. The Hall–Kier alpha value is -3.41. The van der Waals surface area contributed by atoms with Crippen molar-refractivity contribution < 1.29 is 28.6 Å². The highest BCUT2D eigenvalue weighted by Crippen LogP contribution is 2.11. The molecule has 0 aromatic carbocycles. The van der Waals surface area contributed by atoms with Crippen molar-refractivity contribution in [3.63, 3.8) is 0 Å². The summed E-state index contributed by atoms with van der Waals surface area (Å²) in [4.78, 5) is 37.5. The molecule has 0 saturated carbocycles. The van der Waals surface area contributed by atoms with E-state index < -0.39 is 6.10 Å². The van der Waals surface area contributed by atoms with Crippen molar-refractivity contribution in [2.75, 3.05) is 13.2 Å². The second-order valence-corrected chi connectivity index (χ2v) is 13.1. The van der Waals surface area contributed by atoms with Crippen molar-refractivity contribution in [2.24, 2.45) is 0 Å². The molecular formula is C46H74O6. The molecule has 294 valence electrons. The normalized spacial score (nSPS) is 12.9. The molecule has 0 fully saturated rings. The number of unbranched alkanes of at least 4 members (excludes halogenated alkanes) is 10. The van der Waals surface area contributed by atoms with Crippen LogP contribution >= 0.6 is 0 Å². The fourth-order valence-corrected chi connectivity index (χ4v) is 5.11. The molecule has 0 aromatic rings. The number of allylic oxidation sites excluding steroid dienone is 14. The Kier molecular flexibility index (Phi) is 37.7. The third kappa shape index (κ3) is 37.8. The number of rotatable bonds is 35. The maximum Gasteiger partial charge on any atom is 0.306 e. The zero-order chi connectivity index (χ0) is 38.0. The number of carbonyl (C=O) groups is 3. The molecule has 1 atom stereocenters. The highest BCUT2D eigenvalue weighted by molar-refractivity contribution is 5.71. The summed E-state index contributed by atoms with van der Waals surface area (Å²) >= 11 is 0. The van der Waals surface area contributed by atoms with Crippen LogP contribution in [-0.4, -0.2) is 37.2 Å². The van der Waals surface area contributed by atoms with Crippen LogP contribution in [0.15, 0.2) is 85.1 Å². The van der Waals surface area contributed by atoms with Crippen LogP contribution in [0.3, 0.4) is 0 Å². The molecule has 0 aliphatic rings. The van der Waals surface area contributed by atoms with E-state index in [9.17, 15) is 14.4 Å². The summed E-state index contributed by atoms with van der Waals surface area (Å²) in [6, 6.07) is 0. The molecule has 6 heteroatoms. The second kappa shape index (κ2) is 40.4. The van der Waals surface area contributed by atoms with E-state index in [0.29, 0.717) is 12.8 Å². The average molecular weight is 723 g/mol. The second-order valence-electron chi connectivity index (χ2n) is 13.1. The van der Waals surface area contributed by atoms with E-state index in [0.717, 1.165) is 89.9 Å². The van der Waals surface area contributed by atoms with Crippen molar-refractivity contribution in [2.45, 2.75) is 175 Å². The Morgan fingerprint density at radius 2 is 0.788 bits per heavy atom. The van der Waals surface area contributed by atoms with E-state index in [2.05, 4.69) is 93.7 Å². The molecule has 0 saturated heterocycles. The molecule has 0 aliphatic carbocycles. The first-order valence-corrected chi connectivity index (χ1v) is 20.6. The van der Waals surface area contributed by atoms with Crippen LogP contribution in [0.2, 0.25) is 0 Å². The Bertz CT molecular complexity index is 1060.